The van der Waals surface area contributed by atoms with Crippen LogP contribution in [-0.2, 0) is 24.4 Å². The van der Waals surface area contributed by atoms with Gasteiger partial charge in [-0.1, -0.05) is 75.0 Å². The summed E-state index contributed by atoms with van der Waals surface area (Å²) in [7, 11) is 0. The van der Waals surface area contributed by atoms with Crippen LogP contribution in [0.3, 0.4) is 0 Å². The molecule has 158 valence electrons. The molecule has 30 heavy (non-hydrogen) atoms. The van der Waals surface area contributed by atoms with E-state index in [1.807, 2.05) is 47.0 Å². The zero-order valence-corrected chi connectivity index (χ0v) is 18.4. The van der Waals surface area contributed by atoms with Gasteiger partial charge in [0.1, 0.15) is 17.6 Å². The first-order chi connectivity index (χ1) is 14.5. The van der Waals surface area contributed by atoms with Crippen molar-refractivity contribution in [3.8, 4) is 5.75 Å². The third-order valence-electron chi connectivity index (χ3n) is 4.62. The first kappa shape index (κ1) is 21.9. The highest BCUT2D eigenvalue weighted by Crippen LogP contribution is 2.34. The van der Waals surface area contributed by atoms with E-state index >= 15 is 0 Å². The first-order valence-electron chi connectivity index (χ1n) is 10.1. The topological polar surface area (TPSA) is 83.0 Å². The van der Waals surface area contributed by atoms with E-state index in [9.17, 15) is 4.79 Å². The largest absolute Gasteiger partial charge is 0.486 e. The van der Waals surface area contributed by atoms with Crippen LogP contribution in [0.2, 0.25) is 0 Å². The summed E-state index contributed by atoms with van der Waals surface area (Å²) >= 11 is 1.33. The maximum atomic E-state index is 12.1. The number of nitrogens with two attached hydrogens (primary N) is 1. The number of aromatic nitrogens is 3. The maximum Gasteiger partial charge on any atom is 0.235 e. The highest BCUT2D eigenvalue weighted by molar-refractivity contribution is 8.00. The van der Waals surface area contributed by atoms with Crippen LogP contribution in [0.25, 0.3) is 0 Å². The van der Waals surface area contributed by atoms with Gasteiger partial charge in [0.25, 0.3) is 0 Å². The highest BCUT2D eigenvalue weighted by atomic mass is 32.2. The summed E-state index contributed by atoms with van der Waals surface area (Å²) < 4.78 is 7.96. The molecule has 1 atom stereocenters. The van der Waals surface area contributed by atoms with Gasteiger partial charge >= 0.3 is 0 Å². The monoisotopic (exact) mass is 424 g/mol. The lowest BCUT2D eigenvalue weighted by molar-refractivity contribution is -0.117. The smallest absolute Gasteiger partial charge is 0.235 e. The van der Waals surface area contributed by atoms with Gasteiger partial charge in [0, 0.05) is 6.54 Å². The Morgan fingerprint density at radius 3 is 2.40 bits per heavy atom. The highest BCUT2D eigenvalue weighted by Gasteiger charge is 2.24. The molecule has 7 heteroatoms. The molecule has 0 aliphatic rings. The van der Waals surface area contributed by atoms with E-state index in [0.29, 0.717) is 17.7 Å². The third kappa shape index (κ3) is 5.63. The molecule has 1 amide bonds. The number of primary amides is 1. The molecule has 0 fully saturated rings. The Morgan fingerprint density at radius 2 is 1.80 bits per heavy atom. The van der Waals surface area contributed by atoms with Gasteiger partial charge < -0.3 is 15.0 Å². The zero-order chi connectivity index (χ0) is 21.5. The first-order valence-corrected chi connectivity index (χ1v) is 11.0. The van der Waals surface area contributed by atoms with E-state index in [-0.39, 0.29) is 0 Å². The fourth-order valence-corrected chi connectivity index (χ4v) is 4.07. The number of hydrogen-bond acceptors (Lipinski definition) is 5. The van der Waals surface area contributed by atoms with Crippen LogP contribution in [0.5, 0.6) is 5.75 Å². The average molecular weight is 425 g/mol. The number of rotatable bonds is 10. The number of thioether (sulfide) groups is 1. The van der Waals surface area contributed by atoms with Crippen molar-refractivity contribution in [1.82, 2.24) is 14.8 Å². The van der Waals surface area contributed by atoms with Crippen LogP contribution in [0.4, 0.5) is 0 Å². The van der Waals surface area contributed by atoms with Gasteiger partial charge in [-0.25, -0.2) is 0 Å². The number of carbonyl (C=O) groups excluding carboxylic acids is 1. The van der Waals surface area contributed by atoms with Crippen LogP contribution in [-0.4, -0.2) is 20.7 Å². The zero-order valence-electron chi connectivity index (χ0n) is 17.6. The van der Waals surface area contributed by atoms with Crippen LogP contribution in [0, 0.1) is 5.92 Å². The number of ether oxygens (including phenoxy) is 1. The van der Waals surface area contributed by atoms with E-state index in [4.69, 9.17) is 10.5 Å². The molecule has 0 saturated carbocycles. The van der Waals surface area contributed by atoms with Crippen molar-refractivity contribution < 1.29 is 9.53 Å². The number of hydrogen-bond donors (Lipinski definition) is 1. The molecule has 0 radical (unpaired) electrons. The van der Waals surface area contributed by atoms with E-state index in [0.717, 1.165) is 30.1 Å². The van der Waals surface area contributed by atoms with Crippen molar-refractivity contribution in [3.05, 3.63) is 71.5 Å². The lowest BCUT2D eigenvalue weighted by Gasteiger charge is -2.16. The predicted octanol–water partition coefficient (Wildman–Crippen LogP) is 4.39. The predicted molar refractivity (Wildman–Crippen MR) is 119 cm³/mol. The van der Waals surface area contributed by atoms with Crippen molar-refractivity contribution in [1.29, 1.82) is 0 Å². The summed E-state index contributed by atoms with van der Waals surface area (Å²) in [5, 5.41) is 8.82. The molecule has 0 aliphatic carbocycles. The Morgan fingerprint density at radius 1 is 1.10 bits per heavy atom. The van der Waals surface area contributed by atoms with E-state index in [2.05, 4.69) is 43.1 Å². The second kappa shape index (κ2) is 10.3. The van der Waals surface area contributed by atoms with Gasteiger partial charge in [-0.15, -0.1) is 10.2 Å². The molecule has 2 N–H and O–H groups in total. The van der Waals surface area contributed by atoms with Crippen LogP contribution >= 0.6 is 11.8 Å². The molecule has 0 bridgehead atoms. The summed E-state index contributed by atoms with van der Waals surface area (Å²) in [5.74, 6) is 1.49. The molecule has 0 spiro atoms. The third-order valence-corrected chi connectivity index (χ3v) is 5.88. The van der Waals surface area contributed by atoms with Crippen LogP contribution in [0.1, 0.15) is 43.0 Å². The Labute approximate surface area is 181 Å². The molecule has 0 aliphatic heterocycles. The van der Waals surface area contributed by atoms with Crippen molar-refractivity contribution in [2.24, 2.45) is 11.7 Å². The van der Waals surface area contributed by atoms with Crippen LogP contribution < -0.4 is 10.5 Å². The van der Waals surface area contributed by atoms with Gasteiger partial charge in [-0.2, -0.15) is 0 Å². The lowest BCUT2D eigenvalue weighted by atomic mass is 10.1. The molecule has 1 heterocycles. The molecule has 1 aromatic heterocycles. The molecule has 2 aromatic carbocycles. The van der Waals surface area contributed by atoms with E-state index < -0.39 is 11.2 Å². The van der Waals surface area contributed by atoms with Crippen molar-refractivity contribution in [2.45, 2.75) is 50.8 Å². The number of nitrogens with zero attached hydrogens (tertiary/aromatic N) is 3. The van der Waals surface area contributed by atoms with Crippen molar-refractivity contribution in [3.63, 3.8) is 0 Å². The Balaban J connectivity index is 1.80. The Kier molecular flexibility index (Phi) is 7.52. The van der Waals surface area contributed by atoms with Crippen molar-refractivity contribution in [2.75, 3.05) is 0 Å². The van der Waals surface area contributed by atoms with Gasteiger partial charge in [-0.3, -0.25) is 4.79 Å². The molecular weight excluding hydrogens is 396 g/mol. The number of aryl methyl sites for hydroxylation is 1. The SMILES string of the molecule is CCc1ccc(OCc2nnc(SC(C(N)=O)c3ccccc3)n2CC(C)C)cc1. The lowest BCUT2D eigenvalue weighted by Crippen LogP contribution is -2.20. The minimum absolute atomic E-state index is 0.304. The standard InChI is InChI=1S/C23H28N4O2S/c1-4-17-10-12-19(13-11-17)29-15-20-25-26-23(27(20)14-16(2)3)30-21(22(24)28)18-8-6-5-7-9-18/h5-13,16,21H,4,14-15H2,1-3H3,(H2,24,28). The summed E-state index contributed by atoms with van der Waals surface area (Å²) in [4.78, 5) is 12.1. The quantitative estimate of drug-likeness (QED) is 0.488. The summed E-state index contributed by atoms with van der Waals surface area (Å²) in [6.45, 7) is 7.41. The Hall–Kier alpha value is -2.80. The van der Waals surface area contributed by atoms with Gasteiger partial charge in [-0.05, 0) is 35.6 Å². The van der Waals surface area contributed by atoms with Gasteiger partial charge in [0.15, 0.2) is 11.0 Å². The molecular formula is C23H28N4O2S. The Bertz CT molecular complexity index is 955. The fourth-order valence-electron chi connectivity index (χ4n) is 3.05. The normalized spacial score (nSPS) is 12.1. The number of amides is 1. The van der Waals surface area contributed by atoms with Gasteiger partial charge in [0.05, 0.1) is 0 Å². The number of benzene rings is 2. The maximum absolute atomic E-state index is 12.1. The average Bonchev–Trinajstić information content (AvgIpc) is 3.11. The second-order valence-electron chi connectivity index (χ2n) is 7.50. The van der Waals surface area contributed by atoms with E-state index in [1.54, 1.807) is 0 Å². The molecule has 0 saturated heterocycles. The summed E-state index contributed by atoms with van der Waals surface area (Å²) in [6.07, 6.45) is 0.992. The minimum Gasteiger partial charge on any atom is -0.486 e. The van der Waals surface area contributed by atoms with E-state index in [1.165, 1.54) is 17.3 Å². The minimum atomic E-state index is -0.531. The van der Waals surface area contributed by atoms with Crippen molar-refractivity contribution >= 4 is 17.7 Å². The second-order valence-corrected chi connectivity index (χ2v) is 8.57. The molecule has 3 aromatic rings. The molecule has 1 unspecified atom stereocenters. The molecule has 6 nitrogen and oxygen atoms in total. The summed E-state index contributed by atoms with van der Waals surface area (Å²) in [6, 6.07) is 17.6. The summed E-state index contributed by atoms with van der Waals surface area (Å²) in [5.41, 5.74) is 7.81. The van der Waals surface area contributed by atoms with Crippen LogP contribution in [0.15, 0.2) is 59.8 Å². The van der Waals surface area contributed by atoms with Gasteiger partial charge in [0.2, 0.25) is 5.91 Å². The number of carbonyl (C=O) groups is 1. The fraction of sp³-hybridized carbons (Fsp3) is 0.348. The molecule has 3 rings (SSSR count).